The van der Waals surface area contributed by atoms with Crippen molar-refractivity contribution in [1.29, 1.82) is 0 Å². The highest BCUT2D eigenvalue weighted by molar-refractivity contribution is 5.66. The van der Waals surface area contributed by atoms with E-state index in [0.717, 1.165) is 0 Å². The molecule has 0 amide bonds. The van der Waals surface area contributed by atoms with Crippen LogP contribution < -0.4 is 9.47 Å². The van der Waals surface area contributed by atoms with E-state index in [9.17, 15) is 0 Å². The van der Waals surface area contributed by atoms with Gasteiger partial charge in [0.1, 0.15) is 11.5 Å². The Morgan fingerprint density at radius 2 is 1.92 bits per heavy atom. The Morgan fingerprint density at radius 3 is 2.54 bits per heavy atom. The maximum absolute atomic E-state index is 5.37. The SMILES string of the molecule is COc1ccc(-c2noc(-c3cn(C(C)(C)C)nn3)n2)c(OC)c1. The Bertz CT molecular complexity index is 848. The van der Waals surface area contributed by atoms with Gasteiger partial charge < -0.3 is 14.0 Å². The Kier molecular flexibility index (Phi) is 3.96. The van der Waals surface area contributed by atoms with Crippen LogP contribution in [0.1, 0.15) is 20.8 Å². The summed E-state index contributed by atoms with van der Waals surface area (Å²) in [5, 5.41) is 12.2. The van der Waals surface area contributed by atoms with Gasteiger partial charge in [-0.1, -0.05) is 10.4 Å². The smallest absolute Gasteiger partial charge is 0.280 e. The van der Waals surface area contributed by atoms with E-state index >= 15 is 0 Å². The zero-order chi connectivity index (χ0) is 17.3. The summed E-state index contributed by atoms with van der Waals surface area (Å²) >= 11 is 0. The second-order valence-electron chi connectivity index (χ2n) is 6.21. The summed E-state index contributed by atoms with van der Waals surface area (Å²) in [6, 6.07) is 5.39. The van der Waals surface area contributed by atoms with E-state index in [1.807, 2.05) is 32.9 Å². The average molecular weight is 329 g/mol. The summed E-state index contributed by atoms with van der Waals surface area (Å²) in [5.74, 6) is 2.00. The van der Waals surface area contributed by atoms with E-state index in [2.05, 4.69) is 20.5 Å². The van der Waals surface area contributed by atoms with Crippen LogP contribution in [0.25, 0.3) is 23.0 Å². The van der Waals surface area contributed by atoms with Gasteiger partial charge in [-0.2, -0.15) is 4.98 Å². The Morgan fingerprint density at radius 1 is 1.12 bits per heavy atom. The lowest BCUT2D eigenvalue weighted by Gasteiger charge is -2.17. The van der Waals surface area contributed by atoms with Crippen LogP contribution in [0.15, 0.2) is 28.9 Å². The first-order chi connectivity index (χ1) is 11.4. The standard InChI is InChI=1S/C16H19N5O3/c1-16(2,3)21-9-12(18-20-21)15-17-14(19-24-15)11-7-6-10(22-4)8-13(11)23-5/h6-9H,1-5H3. The lowest BCUT2D eigenvalue weighted by Crippen LogP contribution is -2.22. The first kappa shape index (κ1) is 16.0. The van der Waals surface area contributed by atoms with Gasteiger partial charge >= 0.3 is 0 Å². The summed E-state index contributed by atoms with van der Waals surface area (Å²) in [6.07, 6.45) is 1.78. The highest BCUT2D eigenvalue weighted by atomic mass is 16.5. The Balaban J connectivity index is 1.95. The molecule has 8 nitrogen and oxygen atoms in total. The van der Waals surface area contributed by atoms with E-state index < -0.39 is 0 Å². The summed E-state index contributed by atoms with van der Waals surface area (Å²) in [5.41, 5.74) is 1.06. The van der Waals surface area contributed by atoms with E-state index in [1.165, 1.54) is 0 Å². The van der Waals surface area contributed by atoms with Crippen LogP contribution in [0.3, 0.4) is 0 Å². The highest BCUT2D eigenvalue weighted by Gasteiger charge is 2.20. The van der Waals surface area contributed by atoms with Crippen LogP contribution >= 0.6 is 0 Å². The van der Waals surface area contributed by atoms with Gasteiger partial charge in [0.2, 0.25) is 5.82 Å². The number of rotatable bonds is 4. The minimum absolute atomic E-state index is 0.173. The maximum Gasteiger partial charge on any atom is 0.280 e. The average Bonchev–Trinajstić information content (AvgIpc) is 3.22. The van der Waals surface area contributed by atoms with Crippen molar-refractivity contribution in [2.24, 2.45) is 0 Å². The molecule has 24 heavy (non-hydrogen) atoms. The van der Waals surface area contributed by atoms with Crippen LogP contribution in [-0.2, 0) is 5.54 Å². The van der Waals surface area contributed by atoms with Crippen molar-refractivity contribution >= 4 is 0 Å². The molecule has 0 atom stereocenters. The van der Waals surface area contributed by atoms with Crippen molar-refractivity contribution in [2.75, 3.05) is 14.2 Å². The predicted octanol–water partition coefficient (Wildman–Crippen LogP) is 2.77. The number of methoxy groups -OCH3 is 2. The van der Waals surface area contributed by atoms with Crippen molar-refractivity contribution in [1.82, 2.24) is 25.1 Å². The number of aromatic nitrogens is 5. The van der Waals surface area contributed by atoms with Crippen LogP contribution in [0.5, 0.6) is 11.5 Å². The highest BCUT2D eigenvalue weighted by Crippen LogP contribution is 2.32. The number of benzene rings is 1. The van der Waals surface area contributed by atoms with Crippen molar-refractivity contribution in [3.63, 3.8) is 0 Å². The van der Waals surface area contributed by atoms with Gasteiger partial charge in [0, 0.05) is 6.07 Å². The van der Waals surface area contributed by atoms with E-state index in [0.29, 0.717) is 34.5 Å². The second kappa shape index (κ2) is 5.95. The lowest BCUT2D eigenvalue weighted by atomic mass is 10.1. The molecule has 2 aromatic heterocycles. The molecule has 0 radical (unpaired) electrons. The van der Waals surface area contributed by atoms with Gasteiger partial charge in [0.15, 0.2) is 5.69 Å². The molecule has 126 valence electrons. The fourth-order valence-electron chi connectivity index (χ4n) is 2.11. The molecule has 2 heterocycles. The largest absolute Gasteiger partial charge is 0.497 e. The molecule has 0 N–H and O–H groups in total. The molecule has 0 aliphatic rings. The fraction of sp³-hybridized carbons (Fsp3) is 0.375. The number of ether oxygens (including phenoxy) is 2. The molecule has 0 aliphatic heterocycles. The number of nitrogens with zero attached hydrogens (tertiary/aromatic N) is 5. The molecule has 0 spiro atoms. The number of hydrogen-bond acceptors (Lipinski definition) is 7. The molecule has 0 bridgehead atoms. The van der Waals surface area contributed by atoms with Gasteiger partial charge in [-0.15, -0.1) is 5.10 Å². The second-order valence-corrected chi connectivity index (χ2v) is 6.21. The fourth-order valence-corrected chi connectivity index (χ4v) is 2.11. The van der Waals surface area contributed by atoms with Gasteiger partial charge in [-0.25, -0.2) is 4.68 Å². The number of hydrogen-bond donors (Lipinski definition) is 0. The minimum atomic E-state index is -0.173. The molecule has 0 saturated heterocycles. The molecular formula is C16H19N5O3. The summed E-state index contributed by atoms with van der Waals surface area (Å²) in [6.45, 7) is 6.10. The van der Waals surface area contributed by atoms with Crippen LogP contribution in [0.4, 0.5) is 0 Å². The van der Waals surface area contributed by atoms with Crippen molar-refractivity contribution in [3.8, 4) is 34.5 Å². The van der Waals surface area contributed by atoms with E-state index in [4.69, 9.17) is 14.0 Å². The minimum Gasteiger partial charge on any atom is -0.497 e. The molecule has 8 heteroatoms. The van der Waals surface area contributed by atoms with Gasteiger partial charge in [0.05, 0.1) is 31.5 Å². The zero-order valence-electron chi connectivity index (χ0n) is 14.3. The Hall–Kier alpha value is -2.90. The molecule has 0 saturated carbocycles. The quantitative estimate of drug-likeness (QED) is 0.727. The molecule has 3 aromatic rings. The molecule has 1 aromatic carbocycles. The third-order valence-corrected chi connectivity index (χ3v) is 3.48. The van der Waals surface area contributed by atoms with Crippen molar-refractivity contribution in [3.05, 3.63) is 24.4 Å². The molecular weight excluding hydrogens is 310 g/mol. The third kappa shape index (κ3) is 2.94. The normalized spacial score (nSPS) is 11.5. The summed E-state index contributed by atoms with van der Waals surface area (Å²) < 4.78 is 17.6. The molecule has 0 aliphatic carbocycles. The maximum atomic E-state index is 5.37. The lowest BCUT2D eigenvalue weighted by molar-refractivity contribution is 0.347. The van der Waals surface area contributed by atoms with Gasteiger partial charge in [0.25, 0.3) is 5.89 Å². The summed E-state index contributed by atoms with van der Waals surface area (Å²) in [7, 11) is 3.17. The van der Waals surface area contributed by atoms with Crippen LogP contribution in [0.2, 0.25) is 0 Å². The van der Waals surface area contributed by atoms with Crippen LogP contribution in [0, 0.1) is 0 Å². The topological polar surface area (TPSA) is 88.1 Å². The first-order valence-corrected chi connectivity index (χ1v) is 7.41. The van der Waals surface area contributed by atoms with Gasteiger partial charge in [-0.3, -0.25) is 0 Å². The first-order valence-electron chi connectivity index (χ1n) is 7.41. The molecule has 0 fully saturated rings. The molecule has 0 unspecified atom stereocenters. The van der Waals surface area contributed by atoms with Crippen LogP contribution in [-0.4, -0.2) is 39.4 Å². The van der Waals surface area contributed by atoms with Crippen molar-refractivity contribution < 1.29 is 14.0 Å². The summed E-state index contributed by atoms with van der Waals surface area (Å²) in [4.78, 5) is 4.40. The monoisotopic (exact) mass is 329 g/mol. The predicted molar refractivity (Wildman–Crippen MR) is 86.9 cm³/mol. The zero-order valence-corrected chi connectivity index (χ0v) is 14.3. The molecule has 3 rings (SSSR count). The van der Waals surface area contributed by atoms with E-state index in [-0.39, 0.29) is 5.54 Å². The third-order valence-electron chi connectivity index (χ3n) is 3.48. The van der Waals surface area contributed by atoms with Crippen molar-refractivity contribution in [2.45, 2.75) is 26.3 Å². The van der Waals surface area contributed by atoms with Gasteiger partial charge in [-0.05, 0) is 32.9 Å². The van der Waals surface area contributed by atoms with E-state index in [1.54, 1.807) is 31.2 Å². The Labute approximate surface area is 139 Å².